The highest BCUT2D eigenvalue weighted by molar-refractivity contribution is 6.00. The van der Waals surface area contributed by atoms with Crippen LogP contribution in [-0.2, 0) is 0 Å². The lowest BCUT2D eigenvalue weighted by Crippen LogP contribution is -2.24. The van der Waals surface area contributed by atoms with Crippen LogP contribution in [0, 0.1) is 0 Å². The van der Waals surface area contributed by atoms with Gasteiger partial charge in [-0.05, 0) is 11.6 Å². The van der Waals surface area contributed by atoms with Gasteiger partial charge in [-0.15, -0.1) is 0 Å². The van der Waals surface area contributed by atoms with Crippen LogP contribution in [0.3, 0.4) is 0 Å². The molecule has 1 aromatic heterocycles. The first-order chi connectivity index (χ1) is 8.84. The van der Waals surface area contributed by atoms with Crippen molar-refractivity contribution in [3.63, 3.8) is 0 Å². The average Bonchev–Trinajstić information content (AvgIpc) is 2.62. The highest BCUT2D eigenvalue weighted by Gasteiger charge is 2.16. The van der Waals surface area contributed by atoms with Crippen LogP contribution in [0.25, 0.3) is 11.1 Å². The standard InChI is InChI=1S/C14H13N3O/c18-14-12-8-11(10-4-2-1-3-5-10)9-17-13(12)15-6-7-16-14/h1-5,8-9H,6-7H2,(H,15,17)(H,16,18). The van der Waals surface area contributed by atoms with Crippen molar-refractivity contribution >= 4 is 11.7 Å². The summed E-state index contributed by atoms with van der Waals surface area (Å²) in [7, 11) is 0. The second-order valence-corrected chi connectivity index (χ2v) is 4.17. The summed E-state index contributed by atoms with van der Waals surface area (Å²) in [5, 5.41) is 5.98. The van der Waals surface area contributed by atoms with Gasteiger partial charge in [0.1, 0.15) is 5.82 Å². The van der Waals surface area contributed by atoms with Crippen LogP contribution in [0.2, 0.25) is 0 Å². The molecule has 0 unspecified atom stereocenters. The van der Waals surface area contributed by atoms with Gasteiger partial charge in [0.05, 0.1) is 5.56 Å². The Morgan fingerprint density at radius 2 is 1.78 bits per heavy atom. The predicted molar refractivity (Wildman–Crippen MR) is 70.5 cm³/mol. The van der Waals surface area contributed by atoms with Crippen LogP contribution in [-0.4, -0.2) is 24.0 Å². The van der Waals surface area contributed by atoms with Gasteiger partial charge in [0.2, 0.25) is 0 Å². The number of aromatic nitrogens is 1. The highest BCUT2D eigenvalue weighted by atomic mass is 16.1. The minimum Gasteiger partial charge on any atom is -0.368 e. The number of carbonyl (C=O) groups excluding carboxylic acids is 1. The van der Waals surface area contributed by atoms with Crippen molar-refractivity contribution < 1.29 is 4.79 Å². The Kier molecular flexibility index (Phi) is 2.68. The smallest absolute Gasteiger partial charge is 0.255 e. The van der Waals surface area contributed by atoms with Crippen LogP contribution in [0.15, 0.2) is 42.6 Å². The van der Waals surface area contributed by atoms with Crippen molar-refractivity contribution in [1.82, 2.24) is 10.3 Å². The Bertz CT molecular complexity index is 581. The quantitative estimate of drug-likeness (QED) is 0.799. The Balaban J connectivity index is 2.07. The first kappa shape index (κ1) is 10.8. The zero-order chi connectivity index (χ0) is 12.4. The topological polar surface area (TPSA) is 54.0 Å². The maximum atomic E-state index is 11.9. The van der Waals surface area contributed by atoms with E-state index >= 15 is 0 Å². The lowest BCUT2D eigenvalue weighted by atomic mass is 10.1. The molecule has 1 aliphatic heterocycles. The molecule has 1 aliphatic rings. The second-order valence-electron chi connectivity index (χ2n) is 4.17. The fourth-order valence-electron chi connectivity index (χ4n) is 2.02. The molecule has 4 heteroatoms. The Hall–Kier alpha value is -2.36. The summed E-state index contributed by atoms with van der Waals surface area (Å²) < 4.78 is 0. The van der Waals surface area contributed by atoms with E-state index in [1.54, 1.807) is 6.20 Å². The molecule has 0 saturated carbocycles. The Labute approximate surface area is 105 Å². The molecule has 4 nitrogen and oxygen atoms in total. The third kappa shape index (κ3) is 1.93. The molecule has 1 aromatic carbocycles. The maximum Gasteiger partial charge on any atom is 0.255 e. The fourth-order valence-corrected chi connectivity index (χ4v) is 2.02. The molecule has 2 N–H and O–H groups in total. The number of hydrogen-bond acceptors (Lipinski definition) is 3. The predicted octanol–water partition coefficient (Wildman–Crippen LogP) is 1.90. The minimum absolute atomic E-state index is 0.0692. The molecule has 0 saturated heterocycles. The minimum atomic E-state index is -0.0692. The monoisotopic (exact) mass is 239 g/mol. The number of nitrogens with zero attached hydrogens (tertiary/aromatic N) is 1. The number of pyridine rings is 1. The molecular weight excluding hydrogens is 226 g/mol. The van der Waals surface area contributed by atoms with Gasteiger partial charge in [-0.1, -0.05) is 30.3 Å². The number of carbonyl (C=O) groups is 1. The van der Waals surface area contributed by atoms with Gasteiger partial charge in [-0.3, -0.25) is 4.79 Å². The van der Waals surface area contributed by atoms with Gasteiger partial charge in [-0.2, -0.15) is 0 Å². The van der Waals surface area contributed by atoms with E-state index < -0.39 is 0 Å². The molecule has 2 heterocycles. The summed E-state index contributed by atoms with van der Waals surface area (Å²) >= 11 is 0. The third-order valence-corrected chi connectivity index (χ3v) is 2.94. The lowest BCUT2D eigenvalue weighted by molar-refractivity contribution is 0.0958. The third-order valence-electron chi connectivity index (χ3n) is 2.94. The van der Waals surface area contributed by atoms with Gasteiger partial charge in [0, 0.05) is 24.8 Å². The highest BCUT2D eigenvalue weighted by Crippen LogP contribution is 2.23. The van der Waals surface area contributed by atoms with Gasteiger partial charge in [0.25, 0.3) is 5.91 Å². The summed E-state index contributed by atoms with van der Waals surface area (Å²) in [5.74, 6) is 0.588. The van der Waals surface area contributed by atoms with Crippen LogP contribution in [0.4, 0.5) is 5.82 Å². The molecule has 0 spiro atoms. The molecule has 0 radical (unpaired) electrons. The molecular formula is C14H13N3O. The van der Waals surface area contributed by atoms with Crippen molar-refractivity contribution in [3.8, 4) is 11.1 Å². The van der Waals surface area contributed by atoms with Crippen molar-refractivity contribution in [2.45, 2.75) is 0 Å². The van der Waals surface area contributed by atoms with E-state index in [1.807, 2.05) is 36.4 Å². The van der Waals surface area contributed by atoms with E-state index in [-0.39, 0.29) is 5.91 Å². The summed E-state index contributed by atoms with van der Waals surface area (Å²) in [5.41, 5.74) is 2.62. The van der Waals surface area contributed by atoms with Crippen molar-refractivity contribution in [2.75, 3.05) is 18.4 Å². The van der Waals surface area contributed by atoms with E-state index in [0.717, 1.165) is 11.1 Å². The summed E-state index contributed by atoms with van der Waals surface area (Å²) in [4.78, 5) is 16.2. The molecule has 0 atom stereocenters. The van der Waals surface area contributed by atoms with Gasteiger partial charge >= 0.3 is 0 Å². The summed E-state index contributed by atoms with van der Waals surface area (Å²) in [6.45, 7) is 1.33. The van der Waals surface area contributed by atoms with Gasteiger partial charge in [0.15, 0.2) is 0 Å². The van der Waals surface area contributed by atoms with Crippen LogP contribution < -0.4 is 10.6 Å². The Morgan fingerprint density at radius 3 is 2.61 bits per heavy atom. The maximum absolute atomic E-state index is 11.9. The average molecular weight is 239 g/mol. The molecule has 0 aliphatic carbocycles. The summed E-state index contributed by atoms with van der Waals surface area (Å²) in [6, 6.07) is 11.8. The van der Waals surface area contributed by atoms with E-state index in [1.165, 1.54) is 0 Å². The van der Waals surface area contributed by atoms with Gasteiger partial charge in [-0.25, -0.2) is 4.98 Å². The molecule has 3 rings (SSSR count). The normalized spacial score (nSPS) is 14.1. The zero-order valence-corrected chi connectivity index (χ0v) is 9.81. The first-order valence-corrected chi connectivity index (χ1v) is 5.92. The van der Waals surface area contributed by atoms with Crippen molar-refractivity contribution in [3.05, 3.63) is 48.2 Å². The summed E-state index contributed by atoms with van der Waals surface area (Å²) in [6.07, 6.45) is 1.79. The Morgan fingerprint density at radius 1 is 1.00 bits per heavy atom. The second kappa shape index (κ2) is 4.49. The SMILES string of the molecule is O=C1NCCNc2ncc(-c3ccccc3)cc21. The number of hydrogen-bond donors (Lipinski definition) is 2. The molecule has 90 valence electrons. The molecule has 0 fully saturated rings. The fraction of sp³-hybridized carbons (Fsp3) is 0.143. The van der Waals surface area contributed by atoms with Crippen LogP contribution >= 0.6 is 0 Å². The zero-order valence-electron chi connectivity index (χ0n) is 9.81. The van der Waals surface area contributed by atoms with E-state index in [2.05, 4.69) is 15.6 Å². The first-order valence-electron chi connectivity index (χ1n) is 5.92. The molecule has 18 heavy (non-hydrogen) atoms. The number of rotatable bonds is 1. The van der Waals surface area contributed by atoms with E-state index in [0.29, 0.717) is 24.5 Å². The van der Waals surface area contributed by atoms with Crippen molar-refractivity contribution in [2.24, 2.45) is 0 Å². The van der Waals surface area contributed by atoms with Crippen LogP contribution in [0.5, 0.6) is 0 Å². The number of benzene rings is 1. The number of nitrogens with one attached hydrogen (secondary N) is 2. The lowest BCUT2D eigenvalue weighted by Gasteiger charge is -2.07. The molecule has 1 amide bonds. The largest absolute Gasteiger partial charge is 0.368 e. The number of anilines is 1. The number of fused-ring (bicyclic) bond motifs is 1. The van der Waals surface area contributed by atoms with Crippen molar-refractivity contribution in [1.29, 1.82) is 0 Å². The van der Waals surface area contributed by atoms with Crippen LogP contribution in [0.1, 0.15) is 10.4 Å². The number of amides is 1. The molecule has 2 aromatic rings. The van der Waals surface area contributed by atoms with E-state index in [4.69, 9.17) is 0 Å². The molecule has 0 bridgehead atoms. The van der Waals surface area contributed by atoms with E-state index in [9.17, 15) is 4.79 Å². The van der Waals surface area contributed by atoms with Gasteiger partial charge < -0.3 is 10.6 Å².